The number of pyridine rings is 1. The Morgan fingerprint density at radius 2 is 1.79 bits per heavy atom. The molecule has 0 radical (unpaired) electrons. The van der Waals surface area contributed by atoms with E-state index in [1.54, 1.807) is 18.7 Å². The van der Waals surface area contributed by atoms with E-state index in [4.69, 9.17) is 11.6 Å². The van der Waals surface area contributed by atoms with E-state index in [2.05, 4.69) is 22.1 Å². The number of hydrogen-bond acceptors (Lipinski definition) is 4. The van der Waals surface area contributed by atoms with E-state index >= 15 is 0 Å². The second kappa shape index (κ2) is 7.73. The Balaban J connectivity index is 1.70. The highest BCUT2D eigenvalue weighted by molar-refractivity contribution is 7.98. The molecule has 140 valence electrons. The highest BCUT2D eigenvalue weighted by atomic mass is 35.5. The zero-order valence-corrected chi connectivity index (χ0v) is 16.5. The number of benzene rings is 2. The van der Waals surface area contributed by atoms with Crippen molar-refractivity contribution in [3.8, 4) is 5.69 Å². The molecular formula is C21H15ClFN3OS. The smallest absolute Gasteiger partial charge is 0.245 e. The predicted octanol–water partition coefficient (Wildman–Crippen LogP) is 5.17. The maximum absolute atomic E-state index is 13.9. The van der Waals surface area contributed by atoms with Gasteiger partial charge in [-0.1, -0.05) is 41.9 Å². The van der Waals surface area contributed by atoms with Crippen LogP contribution in [0.1, 0.15) is 11.3 Å². The Morgan fingerprint density at radius 3 is 2.50 bits per heavy atom. The molecule has 0 fully saturated rings. The second-order valence-corrected chi connectivity index (χ2v) is 7.62. The van der Waals surface area contributed by atoms with E-state index < -0.39 is 11.5 Å². The molecule has 4 aromatic rings. The summed E-state index contributed by atoms with van der Waals surface area (Å²) in [5, 5.41) is 0.240. The normalized spacial score (nSPS) is 11.1. The van der Waals surface area contributed by atoms with Gasteiger partial charge in [0, 0.05) is 10.6 Å². The van der Waals surface area contributed by atoms with E-state index in [-0.39, 0.29) is 16.5 Å². The fourth-order valence-electron chi connectivity index (χ4n) is 2.84. The molecule has 4 rings (SSSR count). The van der Waals surface area contributed by atoms with E-state index in [9.17, 15) is 9.18 Å². The van der Waals surface area contributed by atoms with Gasteiger partial charge >= 0.3 is 5.69 Å². The maximum Gasteiger partial charge on any atom is 0.355 e. The van der Waals surface area contributed by atoms with Crippen molar-refractivity contribution in [1.29, 1.82) is 0 Å². The summed E-state index contributed by atoms with van der Waals surface area (Å²) in [7, 11) is 0. The summed E-state index contributed by atoms with van der Waals surface area (Å²) >= 11 is 7.74. The molecule has 0 N–H and O–H groups in total. The molecule has 0 atom stereocenters. The highest BCUT2D eigenvalue weighted by Crippen LogP contribution is 2.26. The molecule has 2 heterocycles. The van der Waals surface area contributed by atoms with Gasteiger partial charge in [-0.15, -0.1) is 11.8 Å². The number of thioether (sulfide) groups is 1. The Bertz CT molecular complexity index is 1210. The molecule has 0 aliphatic carbocycles. The second-order valence-electron chi connectivity index (χ2n) is 6.22. The van der Waals surface area contributed by atoms with Gasteiger partial charge in [-0.25, -0.2) is 18.7 Å². The summed E-state index contributed by atoms with van der Waals surface area (Å²) < 4.78 is 15.2. The van der Waals surface area contributed by atoms with Gasteiger partial charge in [-0.2, -0.15) is 4.98 Å². The molecule has 2 aromatic carbocycles. The average molecular weight is 412 g/mol. The molecule has 0 unspecified atom stereocenters. The first-order valence-electron chi connectivity index (χ1n) is 8.55. The van der Waals surface area contributed by atoms with Gasteiger partial charge in [0.15, 0.2) is 5.65 Å². The molecule has 0 aliphatic heterocycles. The molecular weight excluding hydrogens is 397 g/mol. The van der Waals surface area contributed by atoms with Crippen molar-refractivity contribution in [2.45, 2.75) is 17.6 Å². The lowest BCUT2D eigenvalue weighted by Crippen LogP contribution is -2.23. The number of fused-ring (bicyclic) bond motifs is 1. The molecule has 0 spiro atoms. The standard InChI is InChI=1S/C21H15ClFN3OS/c1-13-18(23)11-17-19(22)25-21(27)26(20(17)24-13)15-7-9-16(10-8-15)28-12-14-5-3-2-4-6-14/h2-11H,12H2,1H3. The molecule has 0 amide bonds. The zero-order valence-electron chi connectivity index (χ0n) is 14.9. The van der Waals surface area contributed by atoms with Crippen LogP contribution in [0, 0.1) is 12.7 Å². The molecule has 0 saturated heterocycles. The summed E-state index contributed by atoms with van der Waals surface area (Å²) in [6.07, 6.45) is 0. The van der Waals surface area contributed by atoms with E-state index in [1.165, 1.54) is 16.2 Å². The monoisotopic (exact) mass is 411 g/mol. The van der Waals surface area contributed by atoms with Crippen LogP contribution in [0.25, 0.3) is 16.7 Å². The lowest BCUT2D eigenvalue weighted by Gasteiger charge is -2.11. The molecule has 0 bridgehead atoms. The van der Waals surface area contributed by atoms with Crippen LogP contribution in [0.3, 0.4) is 0 Å². The van der Waals surface area contributed by atoms with Crippen molar-refractivity contribution in [3.63, 3.8) is 0 Å². The molecule has 0 saturated carbocycles. The molecule has 0 aliphatic rings. The van der Waals surface area contributed by atoms with Crippen LogP contribution in [0.15, 0.2) is 70.4 Å². The van der Waals surface area contributed by atoms with Crippen LogP contribution in [0.4, 0.5) is 4.39 Å². The summed E-state index contributed by atoms with van der Waals surface area (Å²) in [6, 6.07) is 19.0. The lowest BCUT2D eigenvalue weighted by molar-refractivity contribution is 0.612. The number of aryl methyl sites for hydroxylation is 1. The molecule has 2 aromatic heterocycles. The van der Waals surface area contributed by atoms with Crippen LogP contribution in [-0.4, -0.2) is 14.5 Å². The largest absolute Gasteiger partial charge is 0.355 e. The van der Waals surface area contributed by atoms with Crippen molar-refractivity contribution < 1.29 is 4.39 Å². The minimum Gasteiger partial charge on any atom is -0.245 e. The van der Waals surface area contributed by atoms with Gasteiger partial charge in [-0.3, -0.25) is 0 Å². The van der Waals surface area contributed by atoms with E-state index in [0.29, 0.717) is 11.1 Å². The van der Waals surface area contributed by atoms with Crippen LogP contribution < -0.4 is 5.69 Å². The van der Waals surface area contributed by atoms with Crippen molar-refractivity contribution >= 4 is 34.4 Å². The van der Waals surface area contributed by atoms with Gasteiger partial charge in [0.1, 0.15) is 11.0 Å². The Labute approximate surface area is 170 Å². The number of nitrogens with zero attached hydrogens (tertiary/aromatic N) is 3. The molecule has 4 nitrogen and oxygen atoms in total. The first-order chi connectivity index (χ1) is 13.5. The number of halogens is 2. The van der Waals surface area contributed by atoms with Crippen LogP contribution in [0.2, 0.25) is 5.15 Å². The summed E-state index contributed by atoms with van der Waals surface area (Å²) in [6.45, 7) is 1.54. The Kier molecular flexibility index (Phi) is 5.15. The van der Waals surface area contributed by atoms with Gasteiger partial charge in [0.05, 0.1) is 16.8 Å². The zero-order chi connectivity index (χ0) is 19.7. The molecule has 28 heavy (non-hydrogen) atoms. The SMILES string of the molecule is Cc1nc2c(cc1F)c(Cl)nc(=O)n2-c1ccc(SCc2ccccc2)cc1. The minimum atomic E-state index is -0.555. The maximum atomic E-state index is 13.9. The van der Waals surface area contributed by atoms with Gasteiger partial charge in [0.25, 0.3) is 0 Å². The third-order valence-corrected chi connectivity index (χ3v) is 5.66. The summed E-state index contributed by atoms with van der Waals surface area (Å²) in [4.78, 5) is 21.6. The topological polar surface area (TPSA) is 47.8 Å². The number of aromatic nitrogens is 3. The third kappa shape index (κ3) is 3.66. The fourth-order valence-corrected chi connectivity index (χ4v) is 3.91. The van der Waals surface area contributed by atoms with Crippen molar-refractivity contribution in [2.75, 3.05) is 0 Å². The van der Waals surface area contributed by atoms with Crippen molar-refractivity contribution in [1.82, 2.24) is 14.5 Å². The van der Waals surface area contributed by atoms with Gasteiger partial charge in [0.2, 0.25) is 0 Å². The van der Waals surface area contributed by atoms with Gasteiger partial charge in [-0.05, 0) is 42.8 Å². The number of hydrogen-bond donors (Lipinski definition) is 0. The Morgan fingerprint density at radius 1 is 1.07 bits per heavy atom. The van der Waals surface area contributed by atoms with Gasteiger partial charge < -0.3 is 0 Å². The first kappa shape index (κ1) is 18.7. The summed E-state index contributed by atoms with van der Waals surface area (Å²) in [5.74, 6) is 0.361. The third-order valence-electron chi connectivity index (χ3n) is 4.29. The fraction of sp³-hybridized carbons (Fsp3) is 0.0952. The van der Waals surface area contributed by atoms with E-state index in [0.717, 1.165) is 10.6 Å². The lowest BCUT2D eigenvalue weighted by atomic mass is 10.2. The van der Waals surface area contributed by atoms with Crippen LogP contribution in [-0.2, 0) is 5.75 Å². The van der Waals surface area contributed by atoms with E-state index in [1.807, 2.05) is 42.5 Å². The number of rotatable bonds is 4. The van der Waals surface area contributed by atoms with Crippen molar-refractivity contribution in [3.05, 3.63) is 93.4 Å². The predicted molar refractivity (Wildman–Crippen MR) is 111 cm³/mol. The highest BCUT2D eigenvalue weighted by Gasteiger charge is 2.14. The minimum absolute atomic E-state index is 0.0577. The van der Waals surface area contributed by atoms with Crippen molar-refractivity contribution in [2.24, 2.45) is 0 Å². The summed E-state index contributed by atoms with van der Waals surface area (Å²) in [5.41, 5.74) is 1.76. The average Bonchev–Trinajstić information content (AvgIpc) is 2.70. The van der Waals surface area contributed by atoms with Crippen LogP contribution >= 0.6 is 23.4 Å². The Hall–Kier alpha value is -2.70. The molecule has 7 heteroatoms. The quantitative estimate of drug-likeness (QED) is 0.343. The first-order valence-corrected chi connectivity index (χ1v) is 9.92. The van der Waals surface area contributed by atoms with Crippen LogP contribution in [0.5, 0.6) is 0 Å².